The van der Waals surface area contributed by atoms with E-state index < -0.39 is 28.3 Å². The largest absolute Gasteiger partial charge is 0.325 e. The molecule has 2 N–H and O–H groups in total. The average Bonchev–Trinajstić information content (AvgIpc) is 2.60. The summed E-state index contributed by atoms with van der Waals surface area (Å²) in [5.41, 5.74) is 0.574. The Labute approximate surface area is 144 Å². The summed E-state index contributed by atoms with van der Waals surface area (Å²) in [5.74, 6) is -1.03. The minimum Gasteiger partial charge on any atom is -0.325 e. The van der Waals surface area contributed by atoms with E-state index in [2.05, 4.69) is 10.0 Å². The van der Waals surface area contributed by atoms with E-state index in [1.165, 1.54) is 0 Å². The van der Waals surface area contributed by atoms with Crippen molar-refractivity contribution < 1.29 is 17.6 Å². The number of carbonyl (C=O) groups excluding carboxylic acids is 1. The fourth-order valence-electron chi connectivity index (χ4n) is 2.33. The summed E-state index contributed by atoms with van der Waals surface area (Å²) in [6, 6.07) is 17.5. The quantitative estimate of drug-likeness (QED) is 0.736. The van der Waals surface area contributed by atoms with Crippen molar-refractivity contribution in [1.82, 2.24) is 4.72 Å². The first kappa shape index (κ1) is 17.1. The van der Waals surface area contributed by atoms with Crippen LogP contribution in [0.15, 0.2) is 71.6 Å². The van der Waals surface area contributed by atoms with Gasteiger partial charge in [0, 0.05) is 5.69 Å². The van der Waals surface area contributed by atoms with Crippen LogP contribution in [0.2, 0.25) is 0 Å². The van der Waals surface area contributed by atoms with Crippen LogP contribution in [0.5, 0.6) is 0 Å². The summed E-state index contributed by atoms with van der Waals surface area (Å²) in [7, 11) is -3.88. The predicted molar refractivity (Wildman–Crippen MR) is 94.2 cm³/mol. The molecule has 0 radical (unpaired) electrons. The second kappa shape index (κ2) is 7.00. The Morgan fingerprint density at radius 1 is 0.920 bits per heavy atom. The van der Waals surface area contributed by atoms with Gasteiger partial charge in [0.2, 0.25) is 15.9 Å². The van der Waals surface area contributed by atoms with Gasteiger partial charge in [0.25, 0.3) is 0 Å². The van der Waals surface area contributed by atoms with E-state index in [0.717, 1.165) is 35.0 Å². The van der Waals surface area contributed by atoms with Crippen molar-refractivity contribution in [2.75, 3.05) is 11.9 Å². The molecule has 0 saturated carbocycles. The lowest BCUT2D eigenvalue weighted by Crippen LogP contribution is -2.32. The van der Waals surface area contributed by atoms with Gasteiger partial charge in [-0.25, -0.2) is 17.5 Å². The fraction of sp³-hybridized carbons (Fsp3) is 0.0556. The third-order valence-electron chi connectivity index (χ3n) is 3.58. The topological polar surface area (TPSA) is 75.3 Å². The highest BCUT2D eigenvalue weighted by atomic mass is 32.2. The Morgan fingerprint density at radius 3 is 2.32 bits per heavy atom. The second-order valence-corrected chi connectivity index (χ2v) is 7.16. The molecule has 0 aromatic heterocycles. The highest BCUT2D eigenvalue weighted by Crippen LogP contribution is 2.18. The van der Waals surface area contributed by atoms with Gasteiger partial charge in [0.05, 0.1) is 11.4 Å². The maximum absolute atomic E-state index is 12.9. The van der Waals surface area contributed by atoms with Crippen LogP contribution >= 0.6 is 0 Å². The molecule has 0 unspecified atom stereocenters. The molecule has 0 saturated heterocycles. The van der Waals surface area contributed by atoms with Crippen molar-refractivity contribution >= 4 is 32.4 Å². The molecule has 7 heteroatoms. The van der Waals surface area contributed by atoms with Gasteiger partial charge in [0.15, 0.2) is 0 Å². The van der Waals surface area contributed by atoms with E-state index in [1.807, 2.05) is 36.4 Å². The molecule has 5 nitrogen and oxygen atoms in total. The van der Waals surface area contributed by atoms with Crippen molar-refractivity contribution in [3.8, 4) is 0 Å². The van der Waals surface area contributed by atoms with Crippen LogP contribution in [0.1, 0.15) is 0 Å². The SMILES string of the molecule is O=C(CNS(=O)(=O)c1ccc(F)cc1)Nc1ccc2ccccc2c1. The first-order valence-electron chi connectivity index (χ1n) is 7.48. The number of anilines is 1. The Kier molecular flexibility index (Phi) is 4.78. The molecule has 0 aliphatic carbocycles. The monoisotopic (exact) mass is 358 g/mol. The van der Waals surface area contributed by atoms with E-state index in [4.69, 9.17) is 0 Å². The average molecular weight is 358 g/mol. The van der Waals surface area contributed by atoms with E-state index in [0.29, 0.717) is 5.69 Å². The number of sulfonamides is 1. The molecule has 25 heavy (non-hydrogen) atoms. The van der Waals surface area contributed by atoms with Crippen LogP contribution in [0, 0.1) is 5.82 Å². The van der Waals surface area contributed by atoms with Crippen molar-refractivity contribution in [2.24, 2.45) is 0 Å². The summed E-state index contributed by atoms with van der Waals surface area (Å²) in [5, 5.41) is 4.65. The minimum atomic E-state index is -3.88. The number of hydrogen-bond donors (Lipinski definition) is 2. The standard InChI is InChI=1S/C18H15FN2O3S/c19-15-6-9-17(10-7-15)25(23,24)20-12-18(22)21-16-8-5-13-3-1-2-4-14(13)11-16/h1-11,20H,12H2,(H,21,22). The predicted octanol–water partition coefficient (Wildman–Crippen LogP) is 2.90. The zero-order valence-electron chi connectivity index (χ0n) is 13.1. The van der Waals surface area contributed by atoms with E-state index in [1.54, 1.807) is 6.07 Å². The third-order valence-corrected chi connectivity index (χ3v) is 5.00. The van der Waals surface area contributed by atoms with E-state index >= 15 is 0 Å². The zero-order valence-corrected chi connectivity index (χ0v) is 13.9. The third kappa shape index (κ3) is 4.20. The Bertz CT molecular complexity index is 1020. The molecule has 0 aliphatic heterocycles. The molecule has 0 fully saturated rings. The minimum absolute atomic E-state index is 0.104. The van der Waals surface area contributed by atoms with Gasteiger partial charge >= 0.3 is 0 Å². The Morgan fingerprint density at radius 2 is 1.60 bits per heavy atom. The smallest absolute Gasteiger partial charge is 0.241 e. The first-order chi connectivity index (χ1) is 11.9. The molecular weight excluding hydrogens is 343 g/mol. The number of amides is 1. The van der Waals surface area contributed by atoms with Crippen molar-refractivity contribution in [3.05, 3.63) is 72.5 Å². The molecular formula is C18H15FN2O3S. The maximum atomic E-state index is 12.9. The van der Waals surface area contributed by atoms with Gasteiger partial charge in [0.1, 0.15) is 5.82 Å². The first-order valence-corrected chi connectivity index (χ1v) is 8.96. The van der Waals surface area contributed by atoms with E-state index in [-0.39, 0.29) is 4.90 Å². The number of halogens is 1. The second-order valence-electron chi connectivity index (χ2n) is 5.39. The Balaban J connectivity index is 1.64. The lowest BCUT2D eigenvalue weighted by atomic mass is 10.1. The zero-order chi connectivity index (χ0) is 17.9. The maximum Gasteiger partial charge on any atom is 0.241 e. The molecule has 3 aromatic carbocycles. The number of nitrogens with one attached hydrogen (secondary N) is 2. The van der Waals surface area contributed by atoms with Crippen LogP contribution in [0.4, 0.5) is 10.1 Å². The number of rotatable bonds is 5. The highest BCUT2D eigenvalue weighted by Gasteiger charge is 2.15. The molecule has 128 valence electrons. The van der Waals surface area contributed by atoms with Crippen LogP contribution in [0.3, 0.4) is 0 Å². The molecule has 0 heterocycles. The molecule has 0 atom stereocenters. The van der Waals surface area contributed by atoms with Crippen molar-refractivity contribution in [3.63, 3.8) is 0 Å². The van der Waals surface area contributed by atoms with Crippen LogP contribution in [-0.4, -0.2) is 20.9 Å². The van der Waals surface area contributed by atoms with Gasteiger partial charge in [-0.2, -0.15) is 0 Å². The molecule has 0 aliphatic rings. The van der Waals surface area contributed by atoms with Gasteiger partial charge in [-0.05, 0) is 47.2 Å². The fourth-order valence-corrected chi connectivity index (χ4v) is 3.31. The number of fused-ring (bicyclic) bond motifs is 1. The normalized spacial score (nSPS) is 11.4. The summed E-state index contributed by atoms with van der Waals surface area (Å²) in [6.45, 7) is -0.424. The lowest BCUT2D eigenvalue weighted by molar-refractivity contribution is -0.115. The summed E-state index contributed by atoms with van der Waals surface area (Å²) >= 11 is 0. The van der Waals surface area contributed by atoms with Gasteiger partial charge in [-0.3, -0.25) is 4.79 Å². The molecule has 0 bridgehead atoms. The van der Waals surface area contributed by atoms with Crippen molar-refractivity contribution in [1.29, 1.82) is 0 Å². The summed E-state index contributed by atoms with van der Waals surface area (Å²) < 4.78 is 39.2. The molecule has 1 amide bonds. The summed E-state index contributed by atoms with van der Waals surface area (Å²) in [6.07, 6.45) is 0. The molecule has 3 aromatic rings. The number of hydrogen-bond acceptors (Lipinski definition) is 3. The van der Waals surface area contributed by atoms with Gasteiger partial charge in [-0.1, -0.05) is 30.3 Å². The van der Waals surface area contributed by atoms with Crippen LogP contribution < -0.4 is 10.0 Å². The molecule has 0 spiro atoms. The highest BCUT2D eigenvalue weighted by molar-refractivity contribution is 7.89. The summed E-state index contributed by atoms with van der Waals surface area (Å²) in [4.78, 5) is 11.9. The van der Waals surface area contributed by atoms with Gasteiger partial charge < -0.3 is 5.32 Å². The van der Waals surface area contributed by atoms with Gasteiger partial charge in [-0.15, -0.1) is 0 Å². The van der Waals surface area contributed by atoms with Crippen molar-refractivity contribution in [2.45, 2.75) is 4.90 Å². The van der Waals surface area contributed by atoms with E-state index in [9.17, 15) is 17.6 Å². The number of carbonyl (C=O) groups is 1. The van der Waals surface area contributed by atoms with Crippen LogP contribution in [-0.2, 0) is 14.8 Å². The lowest BCUT2D eigenvalue weighted by Gasteiger charge is -2.09. The number of benzene rings is 3. The molecule has 3 rings (SSSR count). The Hall–Kier alpha value is -2.77. The van der Waals surface area contributed by atoms with Crippen LogP contribution in [0.25, 0.3) is 10.8 Å².